The van der Waals surface area contributed by atoms with E-state index in [0.29, 0.717) is 6.04 Å². The highest BCUT2D eigenvalue weighted by atomic mass is 79.9. The van der Waals surface area contributed by atoms with Crippen molar-refractivity contribution in [3.63, 3.8) is 0 Å². The van der Waals surface area contributed by atoms with Gasteiger partial charge in [0.2, 0.25) is 0 Å². The maximum Gasteiger partial charge on any atom is 0.105 e. The Labute approximate surface area is 122 Å². The molecule has 2 heterocycles. The molecule has 0 aliphatic heterocycles. The van der Waals surface area contributed by atoms with Crippen LogP contribution in [0.15, 0.2) is 27.3 Å². The Bertz CT molecular complexity index is 519. The summed E-state index contributed by atoms with van der Waals surface area (Å²) in [4.78, 5) is 0. The molecule has 4 nitrogen and oxygen atoms in total. The number of aryl methyl sites for hydroxylation is 2. The number of hydrogen-bond donors (Lipinski definition) is 1. The third-order valence-electron chi connectivity index (χ3n) is 3.21. The summed E-state index contributed by atoms with van der Waals surface area (Å²) >= 11 is 3.63. The van der Waals surface area contributed by atoms with Crippen molar-refractivity contribution in [2.24, 2.45) is 7.05 Å². The summed E-state index contributed by atoms with van der Waals surface area (Å²) in [6, 6.07) is 4.29. The van der Waals surface area contributed by atoms with E-state index in [4.69, 9.17) is 4.42 Å². The summed E-state index contributed by atoms with van der Waals surface area (Å²) < 4.78 is 8.42. The fourth-order valence-corrected chi connectivity index (χ4v) is 2.84. The molecule has 2 rings (SSSR count). The van der Waals surface area contributed by atoms with Gasteiger partial charge in [-0.2, -0.15) is 5.10 Å². The standard InChI is InChI=1S/C14H20BrN3O/c1-4-12-14(15)13(18(3)17-12)9-16-10(2)8-11-6-5-7-19-11/h5-7,10,16H,4,8-9H2,1-3H3. The summed E-state index contributed by atoms with van der Waals surface area (Å²) in [7, 11) is 1.98. The van der Waals surface area contributed by atoms with E-state index in [1.807, 2.05) is 23.9 Å². The Balaban J connectivity index is 1.93. The first kappa shape index (κ1) is 14.3. The molecule has 0 saturated heterocycles. The Morgan fingerprint density at radius 3 is 2.89 bits per heavy atom. The van der Waals surface area contributed by atoms with Gasteiger partial charge in [0.25, 0.3) is 0 Å². The molecule has 0 saturated carbocycles. The van der Waals surface area contributed by atoms with Crippen molar-refractivity contribution in [3.05, 3.63) is 40.0 Å². The largest absolute Gasteiger partial charge is 0.469 e. The molecule has 19 heavy (non-hydrogen) atoms. The summed E-state index contributed by atoms with van der Waals surface area (Å²) in [6.07, 6.45) is 3.55. The van der Waals surface area contributed by atoms with Crippen LogP contribution in [0.3, 0.4) is 0 Å². The minimum absolute atomic E-state index is 0.359. The first-order valence-electron chi connectivity index (χ1n) is 6.57. The highest BCUT2D eigenvalue weighted by molar-refractivity contribution is 9.10. The second kappa shape index (κ2) is 6.39. The molecule has 0 spiro atoms. The number of rotatable bonds is 6. The van der Waals surface area contributed by atoms with E-state index in [1.54, 1.807) is 6.26 Å². The highest BCUT2D eigenvalue weighted by Crippen LogP contribution is 2.21. The van der Waals surface area contributed by atoms with Crippen LogP contribution >= 0.6 is 15.9 Å². The molecule has 0 aliphatic carbocycles. The summed E-state index contributed by atoms with van der Waals surface area (Å²) in [5, 5.41) is 8.00. The first-order chi connectivity index (χ1) is 9.11. The number of halogens is 1. The number of hydrogen-bond acceptors (Lipinski definition) is 3. The lowest BCUT2D eigenvalue weighted by Gasteiger charge is -2.12. The predicted molar refractivity (Wildman–Crippen MR) is 79.0 cm³/mol. The van der Waals surface area contributed by atoms with Gasteiger partial charge < -0.3 is 9.73 Å². The van der Waals surface area contributed by atoms with Gasteiger partial charge in [0.1, 0.15) is 5.76 Å². The van der Waals surface area contributed by atoms with E-state index in [0.717, 1.165) is 35.3 Å². The fraction of sp³-hybridized carbons (Fsp3) is 0.500. The van der Waals surface area contributed by atoms with Crippen LogP contribution < -0.4 is 5.32 Å². The normalized spacial score (nSPS) is 12.8. The average Bonchev–Trinajstić information content (AvgIpc) is 2.96. The van der Waals surface area contributed by atoms with Crippen molar-refractivity contribution in [1.29, 1.82) is 0 Å². The summed E-state index contributed by atoms with van der Waals surface area (Å²) in [6.45, 7) is 5.07. The third-order valence-corrected chi connectivity index (χ3v) is 4.12. The molecule has 0 aromatic carbocycles. The minimum atomic E-state index is 0.359. The molecule has 5 heteroatoms. The molecule has 1 N–H and O–H groups in total. The molecule has 0 aliphatic rings. The zero-order valence-electron chi connectivity index (χ0n) is 11.6. The van der Waals surface area contributed by atoms with E-state index in [2.05, 4.69) is 40.2 Å². The van der Waals surface area contributed by atoms with Crippen LogP contribution in [0.2, 0.25) is 0 Å². The van der Waals surface area contributed by atoms with Crippen LogP contribution in [0.4, 0.5) is 0 Å². The van der Waals surface area contributed by atoms with Crippen molar-refractivity contribution in [2.45, 2.75) is 39.3 Å². The van der Waals surface area contributed by atoms with Gasteiger partial charge in [-0.05, 0) is 41.4 Å². The van der Waals surface area contributed by atoms with Crippen molar-refractivity contribution in [2.75, 3.05) is 0 Å². The lowest BCUT2D eigenvalue weighted by molar-refractivity contribution is 0.451. The zero-order valence-corrected chi connectivity index (χ0v) is 13.2. The van der Waals surface area contributed by atoms with Gasteiger partial charge in [-0.1, -0.05) is 6.92 Å². The second-order valence-corrected chi connectivity index (χ2v) is 5.54. The molecule has 0 fully saturated rings. The van der Waals surface area contributed by atoms with Crippen LogP contribution in [0.25, 0.3) is 0 Å². The molecule has 2 aromatic heterocycles. The molecule has 0 radical (unpaired) electrons. The Kier molecular flexibility index (Phi) is 4.82. The van der Waals surface area contributed by atoms with E-state index in [1.165, 1.54) is 5.69 Å². The molecular weight excluding hydrogens is 306 g/mol. The molecule has 104 valence electrons. The maximum atomic E-state index is 5.36. The number of nitrogens with one attached hydrogen (secondary N) is 1. The molecule has 0 bridgehead atoms. The monoisotopic (exact) mass is 325 g/mol. The van der Waals surface area contributed by atoms with Gasteiger partial charge in [-0.3, -0.25) is 4.68 Å². The zero-order chi connectivity index (χ0) is 13.8. The van der Waals surface area contributed by atoms with Crippen LogP contribution in [0.5, 0.6) is 0 Å². The topological polar surface area (TPSA) is 43.0 Å². The van der Waals surface area contributed by atoms with Gasteiger partial charge in [0.15, 0.2) is 0 Å². The van der Waals surface area contributed by atoms with Gasteiger partial charge >= 0.3 is 0 Å². The number of aromatic nitrogens is 2. The van der Waals surface area contributed by atoms with Gasteiger partial charge in [0.05, 0.1) is 22.1 Å². The second-order valence-electron chi connectivity index (χ2n) is 4.75. The summed E-state index contributed by atoms with van der Waals surface area (Å²) in [5.41, 5.74) is 2.29. The Morgan fingerprint density at radius 1 is 1.53 bits per heavy atom. The lowest BCUT2D eigenvalue weighted by Crippen LogP contribution is -2.28. The smallest absolute Gasteiger partial charge is 0.105 e. The van der Waals surface area contributed by atoms with Crippen molar-refractivity contribution >= 4 is 15.9 Å². The van der Waals surface area contributed by atoms with Crippen LogP contribution in [0.1, 0.15) is 31.0 Å². The van der Waals surface area contributed by atoms with Crippen molar-refractivity contribution in [3.8, 4) is 0 Å². The molecular formula is C14H20BrN3O. The maximum absolute atomic E-state index is 5.36. The van der Waals surface area contributed by atoms with E-state index in [9.17, 15) is 0 Å². The number of nitrogens with zero attached hydrogens (tertiary/aromatic N) is 2. The van der Waals surface area contributed by atoms with Crippen LogP contribution in [-0.4, -0.2) is 15.8 Å². The quantitative estimate of drug-likeness (QED) is 0.887. The Morgan fingerprint density at radius 2 is 2.32 bits per heavy atom. The lowest BCUT2D eigenvalue weighted by atomic mass is 10.2. The molecule has 2 aromatic rings. The van der Waals surface area contributed by atoms with Crippen LogP contribution in [0, 0.1) is 0 Å². The van der Waals surface area contributed by atoms with Gasteiger partial charge in [-0.15, -0.1) is 0 Å². The minimum Gasteiger partial charge on any atom is -0.469 e. The fourth-order valence-electron chi connectivity index (χ4n) is 2.09. The third kappa shape index (κ3) is 3.48. The van der Waals surface area contributed by atoms with Crippen molar-refractivity contribution < 1.29 is 4.42 Å². The highest BCUT2D eigenvalue weighted by Gasteiger charge is 2.13. The first-order valence-corrected chi connectivity index (χ1v) is 7.37. The molecule has 1 atom stereocenters. The average molecular weight is 326 g/mol. The van der Waals surface area contributed by atoms with E-state index in [-0.39, 0.29) is 0 Å². The van der Waals surface area contributed by atoms with Gasteiger partial charge in [0, 0.05) is 26.1 Å². The van der Waals surface area contributed by atoms with Gasteiger partial charge in [-0.25, -0.2) is 0 Å². The Hall–Kier alpha value is -1.07. The summed E-state index contributed by atoms with van der Waals surface area (Å²) in [5.74, 6) is 1.01. The van der Waals surface area contributed by atoms with Crippen molar-refractivity contribution in [1.82, 2.24) is 15.1 Å². The SMILES string of the molecule is CCc1nn(C)c(CNC(C)Cc2ccco2)c1Br. The van der Waals surface area contributed by atoms with E-state index >= 15 is 0 Å². The molecule has 1 unspecified atom stereocenters. The van der Waals surface area contributed by atoms with Crippen LogP contribution in [-0.2, 0) is 26.4 Å². The molecule has 0 amide bonds. The predicted octanol–water partition coefficient (Wildman–Crippen LogP) is 3.06. The van der Waals surface area contributed by atoms with E-state index < -0.39 is 0 Å². The number of furan rings is 1.